The average molecular weight is 491 g/mol. The third-order valence-corrected chi connectivity index (χ3v) is 6.11. The summed E-state index contributed by atoms with van der Waals surface area (Å²) in [7, 11) is 0. The van der Waals surface area contributed by atoms with Gasteiger partial charge in [-0.3, -0.25) is 9.48 Å². The summed E-state index contributed by atoms with van der Waals surface area (Å²) >= 11 is 0. The Labute approximate surface area is 208 Å². The first-order valence-corrected chi connectivity index (χ1v) is 11.7. The van der Waals surface area contributed by atoms with Crippen molar-refractivity contribution in [2.24, 2.45) is 5.41 Å². The van der Waals surface area contributed by atoms with Crippen molar-refractivity contribution < 1.29 is 18.7 Å². The van der Waals surface area contributed by atoms with E-state index in [1.165, 1.54) is 24.5 Å². The Morgan fingerprint density at radius 2 is 1.72 bits per heavy atom. The lowest BCUT2D eigenvalue weighted by molar-refractivity contribution is -0.147. The number of carboxylic acid groups (broad SMARTS) is 1. The van der Waals surface area contributed by atoms with E-state index in [2.05, 4.69) is 15.4 Å². The minimum atomic E-state index is -0.897. The SMILES string of the molecule is CC(C)(CCn1cnc(-c2cc(F)cc(-c3ccc(CNCc4ccccc4)c(F)c3)c2)n1)C(=O)O. The molecule has 0 atom stereocenters. The number of hydrogen-bond acceptors (Lipinski definition) is 4. The van der Waals surface area contributed by atoms with Crippen LogP contribution in [-0.2, 0) is 24.4 Å². The maximum Gasteiger partial charge on any atom is 0.309 e. The molecule has 0 unspecified atom stereocenters. The maximum absolute atomic E-state index is 14.8. The molecule has 36 heavy (non-hydrogen) atoms. The molecule has 3 aromatic carbocycles. The van der Waals surface area contributed by atoms with E-state index in [1.54, 1.807) is 36.7 Å². The molecule has 186 valence electrons. The van der Waals surface area contributed by atoms with Crippen LogP contribution in [0.2, 0.25) is 0 Å². The Morgan fingerprint density at radius 3 is 2.44 bits per heavy atom. The van der Waals surface area contributed by atoms with Crippen LogP contribution < -0.4 is 5.32 Å². The van der Waals surface area contributed by atoms with Gasteiger partial charge in [-0.2, -0.15) is 5.10 Å². The lowest BCUT2D eigenvalue weighted by Gasteiger charge is -2.18. The standard InChI is InChI=1S/C28H28F2N4O2/c1-28(2,27(35)36)10-11-34-18-32-26(33-34)23-12-22(13-24(29)14-23)20-8-9-21(25(30)15-20)17-31-16-19-6-4-3-5-7-19/h3-9,12-15,18,31H,10-11,16-17H2,1-2H3,(H,35,36). The maximum atomic E-state index is 14.8. The molecule has 0 radical (unpaired) electrons. The summed E-state index contributed by atoms with van der Waals surface area (Å²) in [6, 6.07) is 19.1. The molecular formula is C28H28F2N4O2. The van der Waals surface area contributed by atoms with Gasteiger partial charge < -0.3 is 10.4 Å². The summed E-state index contributed by atoms with van der Waals surface area (Å²) < 4.78 is 30.8. The topological polar surface area (TPSA) is 80.0 Å². The van der Waals surface area contributed by atoms with Gasteiger partial charge in [-0.05, 0) is 61.2 Å². The molecule has 0 fully saturated rings. The second-order valence-electron chi connectivity index (χ2n) is 9.39. The van der Waals surface area contributed by atoms with Crippen molar-refractivity contribution in [1.82, 2.24) is 20.1 Å². The van der Waals surface area contributed by atoms with Crippen LogP contribution in [0.15, 0.2) is 73.1 Å². The van der Waals surface area contributed by atoms with E-state index >= 15 is 0 Å². The van der Waals surface area contributed by atoms with Crippen LogP contribution in [-0.4, -0.2) is 25.8 Å². The van der Waals surface area contributed by atoms with Crippen molar-refractivity contribution in [2.45, 2.75) is 39.9 Å². The number of hydrogen-bond donors (Lipinski definition) is 2. The molecule has 2 N–H and O–H groups in total. The first kappa shape index (κ1) is 25.2. The molecule has 0 saturated carbocycles. The molecule has 4 rings (SSSR count). The molecule has 0 spiro atoms. The van der Waals surface area contributed by atoms with Gasteiger partial charge in [-0.15, -0.1) is 0 Å². The number of halogens is 2. The number of nitrogens with one attached hydrogen (secondary N) is 1. The van der Waals surface area contributed by atoms with E-state index < -0.39 is 17.2 Å². The van der Waals surface area contributed by atoms with Gasteiger partial charge in [0.15, 0.2) is 5.82 Å². The molecule has 1 heterocycles. The highest BCUT2D eigenvalue weighted by molar-refractivity contribution is 5.73. The summed E-state index contributed by atoms with van der Waals surface area (Å²) in [6.07, 6.45) is 1.86. The van der Waals surface area contributed by atoms with Crippen molar-refractivity contribution in [3.8, 4) is 22.5 Å². The zero-order chi connectivity index (χ0) is 25.7. The Morgan fingerprint density at radius 1 is 0.972 bits per heavy atom. The molecule has 4 aromatic rings. The van der Waals surface area contributed by atoms with Crippen LogP contribution in [0.3, 0.4) is 0 Å². The predicted octanol–water partition coefficient (Wildman–Crippen LogP) is 5.68. The van der Waals surface area contributed by atoms with Gasteiger partial charge in [-0.1, -0.05) is 42.5 Å². The molecule has 0 aliphatic carbocycles. The van der Waals surface area contributed by atoms with Crippen LogP contribution in [0.1, 0.15) is 31.4 Å². The highest BCUT2D eigenvalue weighted by Crippen LogP contribution is 2.28. The molecule has 0 bridgehead atoms. The van der Waals surface area contributed by atoms with Gasteiger partial charge in [0, 0.05) is 30.8 Å². The smallest absolute Gasteiger partial charge is 0.309 e. The number of benzene rings is 3. The number of aliphatic carboxylic acids is 1. The summed E-state index contributed by atoms with van der Waals surface area (Å²) in [5.74, 6) is -1.43. The van der Waals surface area contributed by atoms with E-state index in [1.807, 2.05) is 30.3 Å². The number of carbonyl (C=O) groups is 1. The van der Waals surface area contributed by atoms with Crippen LogP contribution in [0.5, 0.6) is 0 Å². The molecular weight excluding hydrogens is 462 g/mol. The lowest BCUT2D eigenvalue weighted by Crippen LogP contribution is -2.25. The van der Waals surface area contributed by atoms with Crippen molar-refractivity contribution in [1.29, 1.82) is 0 Å². The lowest BCUT2D eigenvalue weighted by atomic mass is 9.90. The number of aromatic nitrogens is 3. The second kappa shape index (κ2) is 10.8. The fourth-order valence-electron chi connectivity index (χ4n) is 3.73. The zero-order valence-electron chi connectivity index (χ0n) is 20.2. The first-order chi connectivity index (χ1) is 17.2. The fraction of sp³-hybridized carbons (Fsp3) is 0.250. The monoisotopic (exact) mass is 490 g/mol. The predicted molar refractivity (Wildman–Crippen MR) is 134 cm³/mol. The van der Waals surface area contributed by atoms with Crippen molar-refractivity contribution in [3.05, 3.63) is 95.8 Å². The first-order valence-electron chi connectivity index (χ1n) is 11.7. The summed E-state index contributed by atoms with van der Waals surface area (Å²) in [5, 5.41) is 16.9. The number of rotatable bonds is 10. The third-order valence-electron chi connectivity index (χ3n) is 6.11. The summed E-state index contributed by atoms with van der Waals surface area (Å²) in [5.41, 5.74) is 2.25. The van der Waals surface area contributed by atoms with E-state index in [0.29, 0.717) is 54.1 Å². The third kappa shape index (κ3) is 6.20. The normalized spacial score (nSPS) is 11.6. The molecule has 8 heteroatoms. The Balaban J connectivity index is 1.47. The molecule has 0 amide bonds. The Kier molecular flexibility index (Phi) is 7.55. The Bertz CT molecular complexity index is 1350. The van der Waals surface area contributed by atoms with Gasteiger partial charge in [0.1, 0.15) is 18.0 Å². The molecule has 6 nitrogen and oxygen atoms in total. The largest absolute Gasteiger partial charge is 0.481 e. The van der Waals surface area contributed by atoms with E-state index in [9.17, 15) is 18.7 Å². The van der Waals surface area contributed by atoms with Gasteiger partial charge in [0.25, 0.3) is 0 Å². The fourth-order valence-corrected chi connectivity index (χ4v) is 3.73. The minimum absolute atomic E-state index is 0.311. The van der Waals surface area contributed by atoms with Crippen LogP contribution in [0, 0.1) is 17.0 Å². The quantitative estimate of drug-likeness (QED) is 0.299. The minimum Gasteiger partial charge on any atom is -0.481 e. The Hall–Kier alpha value is -3.91. The van der Waals surface area contributed by atoms with Crippen LogP contribution in [0.4, 0.5) is 8.78 Å². The number of aryl methyl sites for hydroxylation is 1. The van der Waals surface area contributed by atoms with E-state index in [0.717, 1.165) is 5.56 Å². The van der Waals surface area contributed by atoms with Crippen molar-refractivity contribution >= 4 is 5.97 Å². The molecule has 0 aliphatic rings. The van der Waals surface area contributed by atoms with E-state index in [-0.39, 0.29) is 5.82 Å². The van der Waals surface area contributed by atoms with Crippen molar-refractivity contribution in [2.75, 3.05) is 0 Å². The number of carboxylic acids is 1. The van der Waals surface area contributed by atoms with E-state index in [4.69, 9.17) is 0 Å². The van der Waals surface area contributed by atoms with Crippen LogP contribution >= 0.6 is 0 Å². The number of nitrogens with zero attached hydrogens (tertiary/aromatic N) is 3. The summed E-state index contributed by atoms with van der Waals surface area (Å²) in [4.78, 5) is 15.6. The van der Waals surface area contributed by atoms with Crippen LogP contribution in [0.25, 0.3) is 22.5 Å². The highest BCUT2D eigenvalue weighted by Gasteiger charge is 2.26. The van der Waals surface area contributed by atoms with Gasteiger partial charge >= 0.3 is 5.97 Å². The molecule has 1 aromatic heterocycles. The van der Waals surface area contributed by atoms with Crippen molar-refractivity contribution in [3.63, 3.8) is 0 Å². The van der Waals surface area contributed by atoms with Gasteiger partial charge in [0.2, 0.25) is 0 Å². The average Bonchev–Trinajstić information content (AvgIpc) is 3.33. The van der Waals surface area contributed by atoms with Gasteiger partial charge in [-0.25, -0.2) is 13.8 Å². The summed E-state index contributed by atoms with van der Waals surface area (Å²) in [6.45, 7) is 4.66. The second-order valence-corrected chi connectivity index (χ2v) is 9.39. The zero-order valence-corrected chi connectivity index (χ0v) is 20.2. The molecule has 0 saturated heterocycles. The molecule has 0 aliphatic heterocycles. The highest BCUT2D eigenvalue weighted by atomic mass is 19.1. The van der Waals surface area contributed by atoms with Gasteiger partial charge in [0.05, 0.1) is 5.41 Å².